The molecule has 0 bridgehead atoms. The largest absolute Gasteiger partial charge is 0.394 e. The number of aryl methyl sites for hydroxylation is 3. The number of ether oxygens (including phenoxy) is 3. The van der Waals surface area contributed by atoms with Crippen molar-refractivity contribution in [2.45, 2.75) is 224 Å². The lowest BCUT2D eigenvalue weighted by atomic mass is 10.1. The van der Waals surface area contributed by atoms with E-state index in [1.807, 2.05) is 0 Å². The van der Waals surface area contributed by atoms with Gasteiger partial charge in [0.2, 0.25) is 0 Å². The maximum Gasteiger partial charge on any atom is 0.191 e. The van der Waals surface area contributed by atoms with Crippen molar-refractivity contribution >= 4 is 86.2 Å². The van der Waals surface area contributed by atoms with Crippen LogP contribution in [0, 0.1) is 38.2 Å². The van der Waals surface area contributed by atoms with Gasteiger partial charge in [-0.15, -0.1) is 15.3 Å². The van der Waals surface area contributed by atoms with Crippen molar-refractivity contribution in [2.75, 3.05) is 72.6 Å². The summed E-state index contributed by atoms with van der Waals surface area (Å²) in [5.74, 6) is -5.19. The van der Waals surface area contributed by atoms with Crippen LogP contribution in [0.15, 0.2) is 70.1 Å². The van der Waals surface area contributed by atoms with Crippen molar-refractivity contribution in [3.8, 4) is 0 Å². The van der Waals surface area contributed by atoms with Crippen molar-refractivity contribution in [3.05, 3.63) is 105 Å². The number of nitrogens with zero attached hydrogens (tertiary/aromatic N) is 15. The molecule has 0 amide bonds. The Balaban J connectivity index is 0.000000163. The van der Waals surface area contributed by atoms with Gasteiger partial charge in [0.25, 0.3) is 0 Å². The quantitative estimate of drug-likeness (QED) is 0.0168. The fraction of sp³-hybridized carbons (Fsp3) is 0.583. The number of thioether (sulfide) groups is 3. The van der Waals surface area contributed by atoms with Crippen LogP contribution in [-0.4, -0.2) is 250 Å². The Morgan fingerprint density at radius 2 is 0.796 bits per heavy atom. The Morgan fingerprint density at radius 1 is 0.472 bits per heavy atom. The first kappa shape index (κ1) is 57.8. The van der Waals surface area contributed by atoms with Crippen LogP contribution in [0.5, 0.6) is 0 Å². The highest BCUT2D eigenvalue weighted by Crippen LogP contribution is 2.48. The molecule has 0 radical (unpaired) electrons. The Bertz CT molecular complexity index is 5570. The van der Waals surface area contributed by atoms with Crippen LogP contribution < -0.4 is 16.0 Å². The minimum atomic E-state index is -2.66. The number of halogens is 3. The molecule has 18 atom stereocenters. The second-order valence-corrected chi connectivity index (χ2v) is 28.4. The first-order chi connectivity index (χ1) is 59.1. The zero-order chi connectivity index (χ0) is 93.3. The lowest BCUT2D eigenvalue weighted by Gasteiger charge is -2.17. The third-order valence-corrected chi connectivity index (χ3v) is 20.9. The van der Waals surface area contributed by atoms with Crippen molar-refractivity contribution in [1.82, 2.24) is 74.9 Å². The van der Waals surface area contributed by atoms with Gasteiger partial charge in [-0.25, -0.2) is 57.1 Å². The minimum Gasteiger partial charge on any atom is -0.394 e. The molecular formula is C72H93F3N18O12S3. The molecule has 6 heterocycles. The molecule has 0 unspecified atom stereocenters. The number of benzene rings is 3. The number of rotatable bonds is 30. The minimum absolute atomic E-state index is 0.0102. The molecule has 0 aliphatic heterocycles. The number of anilines is 3. The Morgan fingerprint density at radius 3 is 1.09 bits per heavy atom. The van der Waals surface area contributed by atoms with Gasteiger partial charge in [-0.3, -0.25) is 0 Å². The van der Waals surface area contributed by atoms with Crippen molar-refractivity contribution in [1.29, 1.82) is 0 Å². The predicted octanol–water partition coefficient (Wildman–Crippen LogP) is 6.55. The van der Waals surface area contributed by atoms with Crippen molar-refractivity contribution in [3.63, 3.8) is 0 Å². The smallest absolute Gasteiger partial charge is 0.191 e. The lowest BCUT2D eigenvalue weighted by Crippen LogP contribution is -2.33. The zero-order valence-electron chi connectivity index (χ0n) is 77.7. The molecule has 6 fully saturated rings. The van der Waals surface area contributed by atoms with E-state index in [9.17, 15) is 54.0 Å². The fourth-order valence-electron chi connectivity index (χ4n) is 12.6. The summed E-state index contributed by atoms with van der Waals surface area (Å²) >= 11 is 2.08. The van der Waals surface area contributed by atoms with E-state index in [2.05, 4.69) is 76.8 Å². The summed E-state index contributed by atoms with van der Waals surface area (Å²) in [6.07, 6.45) is -18.0. The molecule has 15 rings (SSSR count). The normalized spacial score (nSPS) is 34.3. The summed E-state index contributed by atoms with van der Waals surface area (Å²) in [7, 11) is 0. The summed E-state index contributed by atoms with van der Waals surface area (Å²) in [6, 6.07) is 3.89. The molecule has 6 aliphatic carbocycles. The third-order valence-electron chi connectivity index (χ3n) is 18.5. The summed E-state index contributed by atoms with van der Waals surface area (Å²) in [4.78, 5) is 26.3. The molecule has 6 aromatic heterocycles. The zero-order valence-corrected chi connectivity index (χ0v) is 61.2. The molecule has 9 aromatic rings. The number of fused-ring (bicyclic) bond motifs is 3. The first-order valence-corrected chi connectivity index (χ1v) is 37.0. The number of hydrogen-bond acceptors (Lipinski definition) is 30. The Hall–Kier alpha value is -7.14. The first-order valence-electron chi connectivity index (χ1n) is 44.1. The standard InChI is InChI=1S/3C24H31FN6O4S/c3*1-3-8-36-24-27-22(26-16-10-14(16)13-5-4-12(2)15(25)9-13)19-23(28-24)31(30-29-19)17-11-18(35-7-6-32)21(34)20(17)33/h3*4-5,9,14,16-18,20-21,32-34H,3,6-8,10-11H2,1-2H3,(H,26,27,28)/t3*14-,16+,17+,18-,20-,21+/m000/s1/i7D2,8D2,10D2,16D;6D2,8D2,10D2,16D;8D2,10D2,16D. The van der Waals surface area contributed by atoms with Gasteiger partial charge in [0.1, 0.15) is 54.1 Å². The van der Waals surface area contributed by atoms with Gasteiger partial charge in [-0.1, -0.05) is 108 Å². The summed E-state index contributed by atoms with van der Waals surface area (Å²) < 4.78 is 220. The van der Waals surface area contributed by atoms with Crippen LogP contribution in [0.1, 0.15) is 174 Å². The molecule has 3 aromatic carbocycles. The summed E-state index contributed by atoms with van der Waals surface area (Å²) in [6.45, 7) is 2.45. The maximum atomic E-state index is 14.3. The summed E-state index contributed by atoms with van der Waals surface area (Å²) in [5, 5.41) is 124. The average Bonchev–Trinajstić information content (AvgIpc) is 1.52. The monoisotopic (exact) mass is 1570 g/mol. The molecule has 0 saturated heterocycles. The van der Waals surface area contributed by atoms with Gasteiger partial charge in [-0.2, -0.15) is 0 Å². The van der Waals surface area contributed by atoms with E-state index in [0.717, 1.165) is 16.4 Å². The fourth-order valence-corrected chi connectivity index (χ4v) is 14.3. The molecule has 36 heteroatoms. The van der Waals surface area contributed by atoms with Crippen LogP contribution in [0.2, 0.25) is 0 Å². The van der Waals surface area contributed by atoms with Gasteiger partial charge in [0.05, 0.1) is 85.6 Å². The average molecular weight is 1570 g/mol. The van der Waals surface area contributed by atoms with E-state index in [4.69, 9.17) is 45.4 Å². The van der Waals surface area contributed by atoms with E-state index >= 15 is 0 Å². The second-order valence-electron chi connectivity index (χ2n) is 25.8. The maximum absolute atomic E-state index is 14.3. The molecule has 12 N–H and O–H groups in total. The number of hydrogen-bond donors (Lipinski definition) is 12. The molecule has 0 spiro atoms. The highest BCUT2D eigenvalue weighted by atomic mass is 32.2. The van der Waals surface area contributed by atoms with Gasteiger partial charge in [0, 0.05) is 88.6 Å². The van der Waals surface area contributed by atoms with E-state index in [0.29, 0.717) is 45.8 Å². The number of aromatic nitrogens is 15. The SMILES string of the molecule is [2H]C([2H])(CC)Sc1nc(N[C@@]2([2H])[C@H](c3ccc(C)c(F)c3)C2([2H])[2H])c2nnn([C@@H]3C[C@H](OCCO)[C@@H](O)[C@H]3O)c2n1.[2H]C([2H])(CO)O[C@H]1C[C@@H](n2nnc3c(N[C@@]4([2H])[C@H](c5ccc(C)c(F)c5)C4([2H])[2H])nc(SC([2H])([2H])CC)nc32)[C@H](O)[C@@H]1O.[2H]C([2H])(O)CO[C@H]1C[C@@H](n2nnc3c(N[C@@]4([2H])[C@H](c5ccc(C)c(F)c5)C4([2H])[2H])nc(SC([2H])([2H])CC)nc32)[C@H](O)[C@@H]1O. The van der Waals surface area contributed by atoms with Crippen molar-refractivity contribution in [2.24, 2.45) is 0 Å². The number of nitrogens with one attached hydrogen (secondary N) is 3. The Labute approximate surface area is 659 Å². The topological polar surface area (TPSA) is 415 Å². The second kappa shape index (κ2) is 35.1. The number of aliphatic hydroxyl groups excluding tert-OH is 8. The Kier molecular flexibility index (Phi) is 18.8. The van der Waals surface area contributed by atoms with Crippen LogP contribution >= 0.6 is 35.3 Å². The van der Waals surface area contributed by atoms with E-state index < -0.39 is 189 Å². The van der Waals surface area contributed by atoms with Crippen LogP contribution in [0.4, 0.5) is 30.6 Å². The van der Waals surface area contributed by atoms with Crippen molar-refractivity contribution < 1.29 is 99.4 Å². The summed E-state index contributed by atoms with van der Waals surface area (Å²) in [5.41, 5.74) is -3.42. The van der Waals surface area contributed by atoms with E-state index in [1.165, 1.54) is 45.8 Å². The van der Waals surface area contributed by atoms with Crippen LogP contribution in [0.25, 0.3) is 33.5 Å². The molecule has 108 heavy (non-hydrogen) atoms. The molecule has 30 nitrogen and oxygen atoms in total. The van der Waals surface area contributed by atoms with Gasteiger partial charge < -0.3 is 76.1 Å². The van der Waals surface area contributed by atoms with Crippen LogP contribution in [0.3, 0.4) is 0 Å². The lowest BCUT2D eigenvalue weighted by molar-refractivity contribution is -0.0629. The van der Waals surface area contributed by atoms with Crippen LogP contribution in [-0.2, 0) is 14.2 Å². The van der Waals surface area contributed by atoms with Gasteiger partial charge in [0.15, 0.2) is 66.4 Å². The highest BCUT2D eigenvalue weighted by Gasteiger charge is 2.49. The van der Waals surface area contributed by atoms with Gasteiger partial charge >= 0.3 is 0 Å². The number of aliphatic hydroxyl groups is 9. The molecule has 582 valence electrons. The van der Waals surface area contributed by atoms with Gasteiger partial charge in [-0.05, 0) is 111 Å². The molecule has 6 aliphatic rings. The third kappa shape index (κ3) is 17.5. The van der Waals surface area contributed by atoms with E-state index in [1.54, 1.807) is 59.7 Å². The molecular weight excluding hydrogens is 1460 g/mol. The van der Waals surface area contributed by atoms with E-state index in [-0.39, 0.29) is 129 Å². The molecule has 6 saturated carbocycles. The highest BCUT2D eigenvalue weighted by molar-refractivity contribution is 7.99. The predicted molar refractivity (Wildman–Crippen MR) is 398 cm³/mol.